The molecule has 0 aromatic rings. The first kappa shape index (κ1) is 4.90. The summed E-state index contributed by atoms with van der Waals surface area (Å²) in [5.74, 6) is 0.188. The number of rotatable bonds is 1. The van der Waals surface area contributed by atoms with Crippen LogP contribution >= 0.6 is 0 Å². The summed E-state index contributed by atoms with van der Waals surface area (Å²) in [6.45, 7) is 0. The fourth-order valence-corrected chi connectivity index (χ4v) is 0.336. The van der Waals surface area contributed by atoms with Crippen LogP contribution in [0.4, 0.5) is 0 Å². The summed E-state index contributed by atoms with van der Waals surface area (Å²) < 4.78 is 0. The molecule has 0 aromatic heterocycles. The number of aldehydes is 1. The molecule has 0 saturated heterocycles. The first-order valence-corrected chi connectivity index (χ1v) is 2.09. The van der Waals surface area contributed by atoms with Crippen molar-refractivity contribution in [1.82, 2.24) is 0 Å². The Morgan fingerprint density at radius 2 is 2.50 bits per heavy atom. The Labute approximate surface area is 46.1 Å². The van der Waals surface area contributed by atoms with Gasteiger partial charge in [0.15, 0.2) is 6.29 Å². The lowest BCUT2D eigenvalue weighted by molar-refractivity contribution is -0.212. The van der Waals surface area contributed by atoms with Crippen molar-refractivity contribution in [1.29, 1.82) is 0 Å². The van der Waals surface area contributed by atoms with Gasteiger partial charge >= 0.3 is 0 Å². The number of hydrogen-bond acceptors (Lipinski definition) is 3. The normalized spacial score (nSPS) is 15.8. The highest BCUT2D eigenvalue weighted by Crippen LogP contribution is 2.00. The molecule has 42 valence electrons. The highest BCUT2D eigenvalue weighted by atomic mass is 17.2. The highest BCUT2D eigenvalue weighted by molar-refractivity contribution is 5.70. The van der Waals surface area contributed by atoms with Crippen molar-refractivity contribution in [2.45, 2.75) is 0 Å². The van der Waals surface area contributed by atoms with Crippen molar-refractivity contribution in [3.8, 4) is 0 Å². The van der Waals surface area contributed by atoms with Gasteiger partial charge in [-0.05, 0) is 12.2 Å². The van der Waals surface area contributed by atoms with Gasteiger partial charge in [0, 0.05) is 0 Å². The summed E-state index contributed by atoms with van der Waals surface area (Å²) in [6, 6.07) is 0. The van der Waals surface area contributed by atoms with Crippen molar-refractivity contribution in [2.24, 2.45) is 0 Å². The fourth-order valence-electron chi connectivity index (χ4n) is 0.336. The fraction of sp³-hybridized carbons (Fsp3) is 0. The summed E-state index contributed by atoms with van der Waals surface area (Å²) in [6.07, 6.45) is 5.00. The van der Waals surface area contributed by atoms with Crippen LogP contribution in [0.15, 0.2) is 24.2 Å². The Hall–Kier alpha value is -1.25. The summed E-state index contributed by atoms with van der Waals surface area (Å²) in [7, 11) is 0. The maximum absolute atomic E-state index is 9.85. The number of carbonyl (C=O) groups is 1. The average Bonchev–Trinajstić information content (AvgIpc) is 1.90. The monoisotopic (exact) mass is 112 g/mol. The van der Waals surface area contributed by atoms with Crippen LogP contribution in [-0.4, -0.2) is 6.29 Å². The van der Waals surface area contributed by atoms with Crippen LogP contribution in [0.5, 0.6) is 0 Å². The Kier molecular flexibility index (Phi) is 1.32. The average molecular weight is 112 g/mol. The molecule has 0 atom stereocenters. The molecule has 8 heavy (non-hydrogen) atoms. The van der Waals surface area contributed by atoms with Crippen molar-refractivity contribution in [2.75, 3.05) is 0 Å². The van der Waals surface area contributed by atoms with Crippen LogP contribution in [0.1, 0.15) is 0 Å². The lowest BCUT2D eigenvalue weighted by Gasteiger charge is -2.01. The summed E-state index contributed by atoms with van der Waals surface area (Å²) in [5, 5.41) is 0. The maximum Gasteiger partial charge on any atom is 0.218 e. The molecule has 1 aliphatic heterocycles. The van der Waals surface area contributed by atoms with E-state index >= 15 is 0 Å². The SMILES string of the molecule is O=CC1=CC=COO1. The van der Waals surface area contributed by atoms with Gasteiger partial charge in [0.05, 0.1) is 0 Å². The first-order chi connectivity index (χ1) is 3.93. The van der Waals surface area contributed by atoms with Gasteiger partial charge in [-0.3, -0.25) is 14.6 Å². The van der Waals surface area contributed by atoms with Gasteiger partial charge in [-0.2, -0.15) is 0 Å². The third-order valence-corrected chi connectivity index (χ3v) is 0.655. The molecular weight excluding hydrogens is 108 g/mol. The largest absolute Gasteiger partial charge is 0.298 e. The molecule has 0 radical (unpaired) electrons. The predicted molar refractivity (Wildman–Crippen MR) is 25.5 cm³/mol. The van der Waals surface area contributed by atoms with Crippen LogP contribution in [-0.2, 0) is 14.6 Å². The summed E-state index contributed by atoms with van der Waals surface area (Å²) in [5.41, 5.74) is 0. The molecule has 1 aliphatic rings. The summed E-state index contributed by atoms with van der Waals surface area (Å²) >= 11 is 0. The van der Waals surface area contributed by atoms with Gasteiger partial charge < -0.3 is 0 Å². The number of carbonyl (C=O) groups excluding carboxylic acids is 1. The van der Waals surface area contributed by atoms with E-state index in [0.717, 1.165) is 0 Å². The zero-order chi connectivity index (χ0) is 5.82. The van der Waals surface area contributed by atoms with Gasteiger partial charge in [-0.15, -0.1) is 0 Å². The summed E-state index contributed by atoms with van der Waals surface area (Å²) in [4.78, 5) is 18.5. The van der Waals surface area contributed by atoms with Crippen LogP contribution < -0.4 is 0 Å². The van der Waals surface area contributed by atoms with Gasteiger partial charge in [0.25, 0.3) is 0 Å². The second-order valence-corrected chi connectivity index (χ2v) is 1.19. The lowest BCUT2D eigenvalue weighted by Crippen LogP contribution is -1.93. The minimum absolute atomic E-state index is 0.188. The van der Waals surface area contributed by atoms with Gasteiger partial charge in [-0.1, -0.05) is 0 Å². The van der Waals surface area contributed by atoms with Crippen LogP contribution in [0.25, 0.3) is 0 Å². The van der Waals surface area contributed by atoms with E-state index in [9.17, 15) is 4.79 Å². The van der Waals surface area contributed by atoms with Crippen molar-refractivity contribution < 1.29 is 14.6 Å². The Morgan fingerprint density at radius 3 is 2.88 bits per heavy atom. The maximum atomic E-state index is 9.85. The Morgan fingerprint density at radius 1 is 1.62 bits per heavy atom. The molecule has 0 fully saturated rings. The van der Waals surface area contributed by atoms with E-state index in [1.54, 1.807) is 6.08 Å². The molecule has 1 rings (SSSR count). The standard InChI is InChI=1S/C5H4O3/c6-4-5-2-1-3-7-8-5/h1-4H. The van der Waals surface area contributed by atoms with E-state index in [1.165, 1.54) is 12.3 Å². The molecule has 0 aromatic carbocycles. The minimum Gasteiger partial charge on any atom is -0.298 e. The Balaban J connectivity index is 2.63. The molecule has 0 bridgehead atoms. The smallest absolute Gasteiger partial charge is 0.218 e. The predicted octanol–water partition coefficient (Wildman–Crippen LogP) is 0.545. The second kappa shape index (κ2) is 2.16. The molecule has 0 amide bonds. The van der Waals surface area contributed by atoms with Crippen LogP contribution in [0.2, 0.25) is 0 Å². The second-order valence-electron chi connectivity index (χ2n) is 1.19. The zero-order valence-electron chi connectivity index (χ0n) is 4.03. The topological polar surface area (TPSA) is 35.5 Å². The lowest BCUT2D eigenvalue weighted by atomic mass is 10.4. The van der Waals surface area contributed by atoms with Gasteiger partial charge in [0.1, 0.15) is 6.26 Å². The van der Waals surface area contributed by atoms with Gasteiger partial charge in [-0.25, -0.2) is 0 Å². The quantitative estimate of drug-likeness (QED) is 0.367. The molecular formula is C5H4O3. The molecule has 0 aliphatic carbocycles. The van der Waals surface area contributed by atoms with Gasteiger partial charge in [0.2, 0.25) is 5.76 Å². The van der Waals surface area contributed by atoms with E-state index in [4.69, 9.17) is 0 Å². The van der Waals surface area contributed by atoms with Crippen molar-refractivity contribution >= 4 is 6.29 Å². The third-order valence-electron chi connectivity index (χ3n) is 0.655. The van der Waals surface area contributed by atoms with E-state index in [0.29, 0.717) is 6.29 Å². The molecule has 1 heterocycles. The van der Waals surface area contributed by atoms with E-state index in [-0.39, 0.29) is 5.76 Å². The van der Waals surface area contributed by atoms with E-state index in [2.05, 4.69) is 9.78 Å². The molecule has 0 spiro atoms. The van der Waals surface area contributed by atoms with Crippen molar-refractivity contribution in [3.63, 3.8) is 0 Å². The number of allylic oxidation sites excluding steroid dienone is 3. The minimum atomic E-state index is 0.188. The van der Waals surface area contributed by atoms with E-state index < -0.39 is 0 Å². The molecule has 3 heteroatoms. The molecule has 0 N–H and O–H groups in total. The molecule has 0 saturated carbocycles. The van der Waals surface area contributed by atoms with Crippen molar-refractivity contribution in [3.05, 3.63) is 24.2 Å². The van der Waals surface area contributed by atoms with Crippen LogP contribution in [0.3, 0.4) is 0 Å². The zero-order valence-corrected chi connectivity index (χ0v) is 4.03. The highest BCUT2D eigenvalue weighted by Gasteiger charge is 1.96. The molecule has 3 nitrogen and oxygen atoms in total. The molecule has 0 unspecified atom stereocenters. The number of hydrogen-bond donors (Lipinski definition) is 0. The Bertz CT molecular complexity index is 146. The first-order valence-electron chi connectivity index (χ1n) is 2.09. The van der Waals surface area contributed by atoms with E-state index in [1.807, 2.05) is 0 Å². The van der Waals surface area contributed by atoms with Crippen LogP contribution in [0, 0.1) is 0 Å². The third kappa shape index (κ3) is 0.872.